The number of nitrogens with two attached hydrogens (primary N) is 1. The molecule has 2 aromatic rings. The molecule has 7 nitrogen and oxygen atoms in total. The smallest absolute Gasteiger partial charge is 0.270 e. The van der Waals surface area contributed by atoms with Crippen LogP contribution in [0.4, 0.5) is 18.9 Å². The molecule has 4 N–H and O–H groups in total. The van der Waals surface area contributed by atoms with Gasteiger partial charge in [-0.25, -0.2) is 18.2 Å². The van der Waals surface area contributed by atoms with E-state index in [0.717, 1.165) is 44.4 Å². The van der Waals surface area contributed by atoms with Crippen molar-refractivity contribution in [2.45, 2.75) is 25.8 Å². The number of benzene rings is 1. The van der Waals surface area contributed by atoms with Crippen molar-refractivity contribution in [3.63, 3.8) is 0 Å². The van der Waals surface area contributed by atoms with Crippen LogP contribution in [0.5, 0.6) is 0 Å². The van der Waals surface area contributed by atoms with Gasteiger partial charge in [0.2, 0.25) is 0 Å². The Bertz CT molecular complexity index is 990. The molecule has 0 spiro atoms. The van der Waals surface area contributed by atoms with Gasteiger partial charge in [-0.3, -0.25) is 9.79 Å². The van der Waals surface area contributed by atoms with Gasteiger partial charge in [0.1, 0.15) is 17.3 Å². The van der Waals surface area contributed by atoms with Crippen LogP contribution in [0, 0.1) is 5.82 Å². The van der Waals surface area contributed by atoms with E-state index in [-0.39, 0.29) is 17.1 Å². The van der Waals surface area contributed by atoms with Crippen molar-refractivity contribution in [2.75, 3.05) is 38.1 Å². The van der Waals surface area contributed by atoms with E-state index < -0.39 is 29.8 Å². The van der Waals surface area contributed by atoms with Gasteiger partial charge in [0, 0.05) is 37.8 Å². The van der Waals surface area contributed by atoms with Crippen molar-refractivity contribution in [1.82, 2.24) is 15.6 Å². The number of aliphatic imine (C=N–C) groups is 1. The van der Waals surface area contributed by atoms with Crippen molar-refractivity contribution in [3.8, 4) is 0 Å². The summed E-state index contributed by atoms with van der Waals surface area (Å²) in [6.45, 7) is 4.86. The van der Waals surface area contributed by atoms with Gasteiger partial charge in [-0.05, 0) is 26.0 Å². The number of amides is 1. The fourth-order valence-corrected chi connectivity index (χ4v) is 3.63. The maximum Gasteiger partial charge on any atom is 0.270 e. The van der Waals surface area contributed by atoms with Crippen molar-refractivity contribution in [2.24, 2.45) is 10.7 Å². The molecule has 0 radical (unpaired) electrons. The monoisotopic (exact) mass is 448 g/mol. The van der Waals surface area contributed by atoms with Crippen molar-refractivity contribution < 1.29 is 18.0 Å². The molecule has 1 aromatic carbocycles. The quantitative estimate of drug-likeness (QED) is 0.467. The minimum absolute atomic E-state index is 0.00468. The lowest BCUT2D eigenvalue weighted by molar-refractivity contribution is 0.0958. The van der Waals surface area contributed by atoms with Crippen LogP contribution in [0.2, 0.25) is 0 Å². The van der Waals surface area contributed by atoms with E-state index >= 15 is 0 Å². The molecule has 0 aliphatic carbocycles. The Hall–Kier alpha value is -3.14. The molecule has 3 rings (SSSR count). The second-order valence-corrected chi connectivity index (χ2v) is 7.50. The Morgan fingerprint density at radius 3 is 2.75 bits per heavy atom. The molecule has 2 heterocycles. The van der Waals surface area contributed by atoms with Gasteiger partial charge in [-0.15, -0.1) is 0 Å². The number of pyridine rings is 1. The van der Waals surface area contributed by atoms with Gasteiger partial charge >= 0.3 is 0 Å². The van der Waals surface area contributed by atoms with E-state index in [1.54, 1.807) is 19.2 Å². The third-order valence-electron chi connectivity index (χ3n) is 5.37. The molecule has 1 saturated heterocycles. The normalized spacial score (nSPS) is 16.1. The number of hydrogen-bond donors (Lipinski definition) is 3. The highest BCUT2D eigenvalue weighted by atomic mass is 19.3. The molecule has 1 amide bonds. The first kappa shape index (κ1) is 23.5. The number of nitrogens with zero attached hydrogens (tertiary/aromatic N) is 3. The summed E-state index contributed by atoms with van der Waals surface area (Å²) in [5.74, 6) is -1.48. The number of anilines is 1. The number of carbonyl (C=O) groups is 1. The van der Waals surface area contributed by atoms with Gasteiger partial charge in [0.25, 0.3) is 12.3 Å². The Morgan fingerprint density at radius 2 is 2.03 bits per heavy atom. The van der Waals surface area contributed by atoms with Gasteiger partial charge in [-0.1, -0.05) is 18.2 Å². The van der Waals surface area contributed by atoms with Gasteiger partial charge in [0.15, 0.2) is 0 Å². The van der Waals surface area contributed by atoms with Crippen LogP contribution < -0.4 is 21.3 Å². The SMILES string of the molecule is CNC(=O)c1ncc(N2CCCNCC2)cc1C(N)=N[C@H](C)c1cccc(C(F)F)c1F. The number of aromatic nitrogens is 1. The maximum atomic E-state index is 14.6. The number of carbonyl (C=O) groups excluding carboxylic acids is 1. The molecular formula is C22H27F3N6O. The molecule has 32 heavy (non-hydrogen) atoms. The lowest BCUT2D eigenvalue weighted by atomic mass is 10.0. The summed E-state index contributed by atoms with van der Waals surface area (Å²) in [6, 6.07) is 4.67. The third-order valence-corrected chi connectivity index (χ3v) is 5.37. The highest BCUT2D eigenvalue weighted by molar-refractivity contribution is 6.08. The van der Waals surface area contributed by atoms with Crippen molar-refractivity contribution in [3.05, 3.63) is 58.7 Å². The Morgan fingerprint density at radius 1 is 1.28 bits per heavy atom. The fourth-order valence-electron chi connectivity index (χ4n) is 3.63. The summed E-state index contributed by atoms with van der Waals surface area (Å²) < 4.78 is 40.7. The Kier molecular flexibility index (Phi) is 7.68. The summed E-state index contributed by atoms with van der Waals surface area (Å²) in [6.07, 6.45) is -0.373. The van der Waals surface area contributed by atoms with Crippen LogP contribution in [-0.2, 0) is 0 Å². The summed E-state index contributed by atoms with van der Waals surface area (Å²) in [5.41, 5.74) is 6.71. The van der Waals surface area contributed by atoms with Crippen molar-refractivity contribution >= 4 is 17.4 Å². The summed E-state index contributed by atoms with van der Waals surface area (Å²) >= 11 is 0. The molecule has 0 saturated carbocycles. The van der Waals surface area contributed by atoms with E-state index in [0.29, 0.717) is 5.56 Å². The first-order chi connectivity index (χ1) is 15.3. The lowest BCUT2D eigenvalue weighted by Gasteiger charge is -2.23. The molecule has 1 aromatic heterocycles. The van der Waals surface area contributed by atoms with Crippen LogP contribution in [0.15, 0.2) is 35.5 Å². The molecule has 0 bridgehead atoms. The standard InChI is InChI=1S/C22H27F3N6O/c1-13(15-5-3-6-16(18(15)23)20(24)25)30-21(26)17-11-14(12-29-19(17)22(32)27-2)31-9-4-7-28-8-10-31/h3,5-6,11-13,20,28H,4,7-10H2,1-2H3,(H2,26,30)(H,27,32)/t13-/m1/s1. The largest absolute Gasteiger partial charge is 0.383 e. The van der Waals surface area contributed by atoms with E-state index in [9.17, 15) is 18.0 Å². The van der Waals surface area contributed by atoms with E-state index in [1.807, 2.05) is 0 Å². The first-order valence-electron chi connectivity index (χ1n) is 10.4. The second-order valence-electron chi connectivity index (χ2n) is 7.50. The Balaban J connectivity index is 2.00. The van der Waals surface area contributed by atoms with Gasteiger partial charge in [0.05, 0.1) is 23.5 Å². The molecule has 172 valence electrons. The topological polar surface area (TPSA) is 95.6 Å². The zero-order valence-electron chi connectivity index (χ0n) is 18.0. The lowest BCUT2D eigenvalue weighted by Crippen LogP contribution is -2.30. The van der Waals surface area contributed by atoms with Gasteiger partial charge in [-0.2, -0.15) is 0 Å². The summed E-state index contributed by atoms with van der Waals surface area (Å²) in [7, 11) is 1.48. The minimum atomic E-state index is -2.94. The molecule has 1 fully saturated rings. The van der Waals surface area contributed by atoms with Gasteiger partial charge < -0.3 is 21.3 Å². The number of alkyl halides is 2. The number of hydrogen-bond acceptors (Lipinski definition) is 5. The zero-order chi connectivity index (χ0) is 23.3. The zero-order valence-corrected chi connectivity index (χ0v) is 18.0. The number of amidine groups is 1. The fraction of sp³-hybridized carbons (Fsp3) is 0.409. The highest BCUT2D eigenvalue weighted by Crippen LogP contribution is 2.29. The molecule has 0 unspecified atom stereocenters. The van der Waals surface area contributed by atoms with Crippen LogP contribution in [0.25, 0.3) is 0 Å². The Labute approximate surface area is 184 Å². The summed E-state index contributed by atoms with van der Waals surface area (Å²) in [5, 5.41) is 5.84. The average Bonchev–Trinajstić information content (AvgIpc) is 3.07. The molecule has 1 atom stereocenters. The predicted octanol–water partition coefficient (Wildman–Crippen LogP) is 2.78. The first-order valence-corrected chi connectivity index (χ1v) is 10.4. The number of nitrogens with one attached hydrogen (secondary N) is 2. The molecule has 1 aliphatic rings. The van der Waals surface area contributed by atoms with Crippen molar-refractivity contribution in [1.29, 1.82) is 0 Å². The van der Waals surface area contributed by atoms with Crippen LogP contribution >= 0.6 is 0 Å². The van der Waals surface area contributed by atoms with E-state index in [2.05, 4.69) is 25.5 Å². The molecule has 1 aliphatic heterocycles. The number of rotatable bonds is 6. The predicted molar refractivity (Wildman–Crippen MR) is 118 cm³/mol. The number of halogens is 3. The minimum Gasteiger partial charge on any atom is -0.383 e. The van der Waals surface area contributed by atoms with Crippen LogP contribution in [-0.4, -0.2) is 50.0 Å². The average molecular weight is 448 g/mol. The summed E-state index contributed by atoms with van der Waals surface area (Å²) in [4.78, 5) is 23.1. The van der Waals surface area contributed by atoms with E-state index in [1.165, 1.54) is 19.2 Å². The maximum absolute atomic E-state index is 14.6. The highest BCUT2D eigenvalue weighted by Gasteiger charge is 2.22. The molecular weight excluding hydrogens is 421 g/mol. The molecule has 10 heteroatoms. The van der Waals surface area contributed by atoms with Crippen LogP contribution in [0.1, 0.15) is 53.0 Å². The third kappa shape index (κ3) is 5.18. The van der Waals surface area contributed by atoms with Crippen LogP contribution in [0.3, 0.4) is 0 Å². The van der Waals surface area contributed by atoms with E-state index in [4.69, 9.17) is 5.73 Å². The second kappa shape index (κ2) is 10.4.